The summed E-state index contributed by atoms with van der Waals surface area (Å²) in [7, 11) is 0. The standard InChI is InChI=1S/C12H17BrN4O/c13-9-1-2-16-11(7-9)10(12(14)18)8-17-5-3-15-4-6-17/h1-2,7,10,15H,3-6,8H2,(H2,14,18). The number of primary amides is 1. The second kappa shape index (κ2) is 6.26. The van der Waals surface area contributed by atoms with Crippen molar-refractivity contribution in [2.45, 2.75) is 5.92 Å². The molecule has 0 radical (unpaired) electrons. The molecule has 1 aromatic heterocycles. The molecule has 0 aromatic carbocycles. The number of hydrogen-bond acceptors (Lipinski definition) is 4. The van der Waals surface area contributed by atoms with Crippen molar-refractivity contribution >= 4 is 21.8 Å². The van der Waals surface area contributed by atoms with Crippen LogP contribution < -0.4 is 11.1 Å². The molecule has 6 heteroatoms. The average Bonchev–Trinajstić information content (AvgIpc) is 2.37. The highest BCUT2D eigenvalue weighted by Gasteiger charge is 2.23. The number of rotatable bonds is 4. The third kappa shape index (κ3) is 3.51. The molecule has 1 aromatic rings. The predicted octanol–water partition coefficient (Wildman–Crippen LogP) is 0.318. The van der Waals surface area contributed by atoms with Crippen LogP contribution in [0.25, 0.3) is 0 Å². The van der Waals surface area contributed by atoms with Crippen LogP contribution in [0, 0.1) is 0 Å². The van der Waals surface area contributed by atoms with Gasteiger partial charge in [-0.05, 0) is 12.1 Å². The molecule has 0 spiro atoms. The summed E-state index contributed by atoms with van der Waals surface area (Å²) in [5, 5.41) is 3.29. The molecule has 1 atom stereocenters. The lowest BCUT2D eigenvalue weighted by molar-refractivity contribution is -0.120. The van der Waals surface area contributed by atoms with Crippen molar-refractivity contribution in [2.24, 2.45) is 5.73 Å². The van der Waals surface area contributed by atoms with Crippen LogP contribution in [0.3, 0.4) is 0 Å². The lowest BCUT2D eigenvalue weighted by Crippen LogP contribution is -2.46. The van der Waals surface area contributed by atoms with E-state index in [9.17, 15) is 4.79 Å². The topological polar surface area (TPSA) is 71.2 Å². The predicted molar refractivity (Wildman–Crippen MR) is 73.2 cm³/mol. The molecule has 3 N–H and O–H groups in total. The molecule has 1 fully saturated rings. The Morgan fingerprint density at radius 2 is 2.28 bits per heavy atom. The number of piperazine rings is 1. The third-order valence-corrected chi connectivity index (χ3v) is 3.59. The number of nitrogens with two attached hydrogens (primary N) is 1. The molecule has 5 nitrogen and oxygen atoms in total. The van der Waals surface area contributed by atoms with Crippen LogP contribution in [0.15, 0.2) is 22.8 Å². The highest BCUT2D eigenvalue weighted by atomic mass is 79.9. The van der Waals surface area contributed by atoms with Gasteiger partial charge in [0, 0.05) is 43.4 Å². The van der Waals surface area contributed by atoms with Gasteiger partial charge in [0.2, 0.25) is 5.91 Å². The van der Waals surface area contributed by atoms with E-state index >= 15 is 0 Å². The summed E-state index contributed by atoms with van der Waals surface area (Å²) in [6.07, 6.45) is 1.69. The number of nitrogens with zero attached hydrogens (tertiary/aromatic N) is 2. The van der Waals surface area contributed by atoms with E-state index in [0.29, 0.717) is 6.54 Å². The zero-order chi connectivity index (χ0) is 13.0. The van der Waals surface area contributed by atoms with Crippen molar-refractivity contribution in [3.63, 3.8) is 0 Å². The van der Waals surface area contributed by atoms with Gasteiger partial charge < -0.3 is 11.1 Å². The van der Waals surface area contributed by atoms with Crippen molar-refractivity contribution in [2.75, 3.05) is 32.7 Å². The first-order chi connectivity index (χ1) is 8.66. The highest BCUT2D eigenvalue weighted by Crippen LogP contribution is 2.18. The Balaban J connectivity index is 2.10. The van der Waals surface area contributed by atoms with Crippen LogP contribution in [0.1, 0.15) is 11.6 Å². The van der Waals surface area contributed by atoms with Crippen LogP contribution >= 0.6 is 15.9 Å². The molecule has 1 saturated heterocycles. The normalized spacial score (nSPS) is 18.5. The zero-order valence-corrected chi connectivity index (χ0v) is 11.7. The van der Waals surface area contributed by atoms with Gasteiger partial charge in [0.1, 0.15) is 0 Å². The number of carbonyl (C=O) groups is 1. The minimum Gasteiger partial charge on any atom is -0.369 e. The van der Waals surface area contributed by atoms with Gasteiger partial charge in [-0.15, -0.1) is 0 Å². The zero-order valence-electron chi connectivity index (χ0n) is 10.1. The number of carbonyl (C=O) groups excluding carboxylic acids is 1. The van der Waals surface area contributed by atoms with Gasteiger partial charge in [0.15, 0.2) is 0 Å². The van der Waals surface area contributed by atoms with E-state index < -0.39 is 0 Å². The summed E-state index contributed by atoms with van der Waals surface area (Å²) >= 11 is 3.39. The van der Waals surface area contributed by atoms with Crippen LogP contribution in [0.5, 0.6) is 0 Å². The Labute approximate surface area is 115 Å². The molecule has 2 rings (SSSR count). The number of hydrogen-bond donors (Lipinski definition) is 2. The maximum absolute atomic E-state index is 11.6. The summed E-state index contributed by atoms with van der Waals surface area (Å²) in [5.74, 6) is -0.667. The molecular formula is C12H17BrN4O. The third-order valence-electron chi connectivity index (χ3n) is 3.09. The number of halogens is 1. The summed E-state index contributed by atoms with van der Waals surface area (Å²) in [6, 6.07) is 3.70. The fourth-order valence-corrected chi connectivity index (χ4v) is 2.45. The summed E-state index contributed by atoms with van der Waals surface area (Å²) < 4.78 is 0.916. The van der Waals surface area contributed by atoms with Crippen molar-refractivity contribution < 1.29 is 4.79 Å². The first kappa shape index (κ1) is 13.5. The second-order valence-corrected chi connectivity index (χ2v) is 5.32. The van der Waals surface area contributed by atoms with Gasteiger partial charge in [-0.3, -0.25) is 14.7 Å². The molecule has 98 valence electrons. The monoisotopic (exact) mass is 312 g/mol. The Hall–Kier alpha value is -0.980. The molecule has 1 amide bonds. The van der Waals surface area contributed by atoms with Crippen LogP contribution in [-0.4, -0.2) is 48.5 Å². The average molecular weight is 313 g/mol. The van der Waals surface area contributed by atoms with Crippen molar-refractivity contribution in [1.29, 1.82) is 0 Å². The molecule has 1 aliphatic heterocycles. The summed E-state index contributed by atoms with van der Waals surface area (Å²) in [6.45, 7) is 4.44. The Kier molecular flexibility index (Phi) is 4.68. The smallest absolute Gasteiger partial charge is 0.227 e. The Morgan fingerprint density at radius 1 is 1.56 bits per heavy atom. The largest absolute Gasteiger partial charge is 0.369 e. The molecule has 1 aliphatic rings. The number of aromatic nitrogens is 1. The lowest BCUT2D eigenvalue weighted by atomic mass is 10.0. The van der Waals surface area contributed by atoms with E-state index in [-0.39, 0.29) is 11.8 Å². The fourth-order valence-electron chi connectivity index (χ4n) is 2.09. The summed E-state index contributed by atoms with van der Waals surface area (Å²) in [4.78, 5) is 18.1. The minimum atomic E-state index is -0.347. The number of pyridine rings is 1. The van der Waals surface area contributed by atoms with Crippen LogP contribution in [-0.2, 0) is 4.79 Å². The van der Waals surface area contributed by atoms with E-state index in [1.54, 1.807) is 6.20 Å². The van der Waals surface area contributed by atoms with Gasteiger partial charge in [-0.25, -0.2) is 0 Å². The van der Waals surface area contributed by atoms with Crippen LogP contribution in [0.4, 0.5) is 0 Å². The van der Waals surface area contributed by atoms with Crippen molar-refractivity contribution in [1.82, 2.24) is 15.2 Å². The van der Waals surface area contributed by atoms with E-state index in [2.05, 4.69) is 31.1 Å². The molecule has 1 unspecified atom stereocenters. The minimum absolute atomic E-state index is 0.320. The molecule has 2 heterocycles. The van der Waals surface area contributed by atoms with Gasteiger partial charge in [-0.2, -0.15) is 0 Å². The second-order valence-electron chi connectivity index (χ2n) is 4.40. The molecule has 0 aliphatic carbocycles. The number of nitrogens with one attached hydrogen (secondary N) is 1. The first-order valence-electron chi connectivity index (χ1n) is 6.00. The first-order valence-corrected chi connectivity index (χ1v) is 6.80. The molecule has 18 heavy (non-hydrogen) atoms. The van der Waals surface area contributed by atoms with Crippen molar-refractivity contribution in [3.05, 3.63) is 28.5 Å². The fraction of sp³-hybridized carbons (Fsp3) is 0.500. The maximum atomic E-state index is 11.6. The lowest BCUT2D eigenvalue weighted by Gasteiger charge is -2.29. The molecule has 0 saturated carbocycles. The highest BCUT2D eigenvalue weighted by molar-refractivity contribution is 9.10. The quantitative estimate of drug-likeness (QED) is 0.840. The van der Waals surface area contributed by atoms with Gasteiger partial charge >= 0.3 is 0 Å². The van der Waals surface area contributed by atoms with E-state index in [1.807, 2.05) is 12.1 Å². The maximum Gasteiger partial charge on any atom is 0.227 e. The van der Waals surface area contributed by atoms with E-state index in [1.165, 1.54) is 0 Å². The van der Waals surface area contributed by atoms with Crippen LogP contribution in [0.2, 0.25) is 0 Å². The SMILES string of the molecule is NC(=O)C(CN1CCNCC1)c1cc(Br)ccn1. The summed E-state index contributed by atoms with van der Waals surface area (Å²) in [5.41, 5.74) is 6.23. The molecule has 0 bridgehead atoms. The van der Waals surface area contributed by atoms with E-state index in [4.69, 9.17) is 5.73 Å². The van der Waals surface area contributed by atoms with Gasteiger partial charge in [0.25, 0.3) is 0 Å². The number of amides is 1. The van der Waals surface area contributed by atoms with Gasteiger partial charge in [-0.1, -0.05) is 15.9 Å². The van der Waals surface area contributed by atoms with Gasteiger partial charge in [0.05, 0.1) is 11.6 Å². The Bertz CT molecular complexity index is 420. The Morgan fingerprint density at radius 3 is 2.89 bits per heavy atom. The van der Waals surface area contributed by atoms with Crippen molar-refractivity contribution in [3.8, 4) is 0 Å². The molecular weight excluding hydrogens is 296 g/mol. The van der Waals surface area contributed by atoms with E-state index in [0.717, 1.165) is 36.3 Å².